The van der Waals surface area contributed by atoms with Crippen LogP contribution in [0.4, 0.5) is 14.9 Å². The third-order valence-electron chi connectivity index (χ3n) is 3.62. The first kappa shape index (κ1) is 16.7. The minimum absolute atomic E-state index is 0.114. The summed E-state index contributed by atoms with van der Waals surface area (Å²) >= 11 is 0. The lowest BCUT2D eigenvalue weighted by molar-refractivity contribution is 0.170. The van der Waals surface area contributed by atoms with E-state index in [0.717, 1.165) is 0 Å². The Balaban J connectivity index is 1.63. The average Bonchev–Trinajstić information content (AvgIpc) is 3.15. The minimum atomic E-state index is -1.13. The second-order valence-corrected chi connectivity index (χ2v) is 5.34. The zero-order valence-electron chi connectivity index (χ0n) is 13.3. The molecule has 0 aliphatic heterocycles. The number of para-hydroxylation sites is 2. The first-order valence-corrected chi connectivity index (χ1v) is 7.71. The number of carbonyl (C=O) groups excluding carboxylic acids is 1. The maximum absolute atomic E-state index is 13.6. The zero-order valence-corrected chi connectivity index (χ0v) is 13.3. The molecule has 0 radical (unpaired) electrons. The predicted octanol–water partition coefficient (Wildman–Crippen LogP) is 2.87. The van der Waals surface area contributed by atoms with Crippen molar-refractivity contribution in [1.82, 2.24) is 15.1 Å². The Morgan fingerprint density at radius 2 is 1.92 bits per heavy atom. The number of aromatic nitrogens is 2. The van der Waals surface area contributed by atoms with E-state index in [4.69, 9.17) is 0 Å². The van der Waals surface area contributed by atoms with Crippen molar-refractivity contribution in [3.8, 4) is 5.69 Å². The molecular formula is C18H17FN4O2. The molecule has 3 rings (SSSR count). The van der Waals surface area contributed by atoms with Crippen molar-refractivity contribution in [3.05, 3.63) is 78.4 Å². The number of amides is 2. The monoisotopic (exact) mass is 340 g/mol. The van der Waals surface area contributed by atoms with Crippen molar-refractivity contribution >= 4 is 11.7 Å². The maximum Gasteiger partial charge on any atom is 0.319 e. The summed E-state index contributed by atoms with van der Waals surface area (Å²) in [7, 11) is 0. The summed E-state index contributed by atoms with van der Waals surface area (Å²) in [5.74, 6) is -0.513. The molecule has 0 aliphatic carbocycles. The fourth-order valence-corrected chi connectivity index (χ4v) is 2.40. The molecule has 1 atom stereocenters. The molecule has 0 bridgehead atoms. The Labute approximate surface area is 143 Å². The van der Waals surface area contributed by atoms with Gasteiger partial charge in [0.25, 0.3) is 0 Å². The lowest BCUT2D eigenvalue weighted by atomic mass is 10.1. The molecule has 0 fully saturated rings. The lowest BCUT2D eigenvalue weighted by Crippen LogP contribution is -2.32. The molecule has 0 saturated heterocycles. The van der Waals surface area contributed by atoms with Gasteiger partial charge in [-0.05, 0) is 24.3 Å². The van der Waals surface area contributed by atoms with Gasteiger partial charge in [0.2, 0.25) is 0 Å². The van der Waals surface area contributed by atoms with Crippen molar-refractivity contribution < 1.29 is 14.3 Å². The summed E-state index contributed by atoms with van der Waals surface area (Å²) in [5.41, 5.74) is 1.40. The van der Waals surface area contributed by atoms with Gasteiger partial charge >= 0.3 is 6.03 Å². The number of nitrogens with zero attached hydrogens (tertiary/aromatic N) is 2. The van der Waals surface area contributed by atoms with Gasteiger partial charge in [0.15, 0.2) is 0 Å². The Kier molecular flexibility index (Phi) is 5.06. The van der Waals surface area contributed by atoms with Crippen LogP contribution in [0.15, 0.2) is 67.0 Å². The summed E-state index contributed by atoms with van der Waals surface area (Å²) in [6.45, 7) is -0.114. The number of rotatable bonds is 5. The van der Waals surface area contributed by atoms with Crippen LogP contribution in [0.3, 0.4) is 0 Å². The van der Waals surface area contributed by atoms with Gasteiger partial charge in [0.05, 0.1) is 17.5 Å². The highest BCUT2D eigenvalue weighted by Gasteiger charge is 2.14. The maximum atomic E-state index is 13.6. The fraction of sp³-hybridized carbons (Fsp3) is 0.111. The summed E-state index contributed by atoms with van der Waals surface area (Å²) in [4.78, 5) is 12.1. The van der Waals surface area contributed by atoms with E-state index in [-0.39, 0.29) is 12.1 Å². The van der Waals surface area contributed by atoms with E-state index in [1.54, 1.807) is 41.3 Å². The first-order valence-electron chi connectivity index (χ1n) is 7.71. The molecule has 0 spiro atoms. The first-order chi connectivity index (χ1) is 12.1. The van der Waals surface area contributed by atoms with Crippen LogP contribution in [0.1, 0.15) is 11.7 Å². The minimum Gasteiger partial charge on any atom is -0.386 e. The Morgan fingerprint density at radius 1 is 1.16 bits per heavy atom. The third kappa shape index (κ3) is 4.02. The number of nitrogens with one attached hydrogen (secondary N) is 2. The number of carbonyl (C=O) groups is 1. The standard InChI is InChI=1S/C18H17FN4O2/c19-14-7-2-1-6-13(14)17(24)12-20-18(25)22-15-8-3-4-9-16(15)23-11-5-10-21-23/h1-11,17,24H,12H2,(H2,20,22,25). The largest absolute Gasteiger partial charge is 0.386 e. The van der Waals surface area contributed by atoms with E-state index in [9.17, 15) is 14.3 Å². The van der Waals surface area contributed by atoms with Crippen LogP contribution in [0.5, 0.6) is 0 Å². The number of anilines is 1. The van der Waals surface area contributed by atoms with Gasteiger partial charge in [-0.2, -0.15) is 5.10 Å². The molecule has 25 heavy (non-hydrogen) atoms. The second kappa shape index (κ2) is 7.59. The van der Waals surface area contributed by atoms with Crippen molar-refractivity contribution in [2.45, 2.75) is 6.10 Å². The van der Waals surface area contributed by atoms with Crippen LogP contribution < -0.4 is 10.6 Å². The normalized spacial score (nSPS) is 11.8. The highest BCUT2D eigenvalue weighted by molar-refractivity contribution is 5.91. The molecule has 3 aromatic rings. The molecule has 2 aromatic carbocycles. The smallest absolute Gasteiger partial charge is 0.319 e. The fourth-order valence-electron chi connectivity index (χ4n) is 2.40. The number of aliphatic hydroxyl groups is 1. The molecule has 2 amide bonds. The quantitative estimate of drug-likeness (QED) is 0.668. The Hall–Kier alpha value is -3.19. The van der Waals surface area contributed by atoms with E-state index in [1.807, 2.05) is 12.1 Å². The number of hydrogen-bond acceptors (Lipinski definition) is 3. The van der Waals surface area contributed by atoms with Gasteiger partial charge in [-0.25, -0.2) is 13.9 Å². The van der Waals surface area contributed by atoms with Gasteiger partial charge in [-0.1, -0.05) is 30.3 Å². The van der Waals surface area contributed by atoms with Crippen molar-refractivity contribution in [2.24, 2.45) is 0 Å². The number of halogens is 1. The summed E-state index contributed by atoms with van der Waals surface area (Å²) in [5, 5.41) is 19.4. The highest BCUT2D eigenvalue weighted by atomic mass is 19.1. The van der Waals surface area contributed by atoms with Gasteiger partial charge in [-0.3, -0.25) is 0 Å². The molecule has 3 N–H and O–H groups in total. The summed E-state index contributed by atoms with van der Waals surface area (Å²) < 4.78 is 15.3. The van der Waals surface area contributed by atoms with E-state index in [1.165, 1.54) is 18.2 Å². The molecule has 1 aromatic heterocycles. The van der Waals surface area contributed by atoms with Crippen molar-refractivity contribution in [3.63, 3.8) is 0 Å². The number of benzene rings is 2. The Morgan fingerprint density at radius 3 is 2.68 bits per heavy atom. The average molecular weight is 340 g/mol. The zero-order chi connectivity index (χ0) is 17.6. The topological polar surface area (TPSA) is 79.2 Å². The van der Waals surface area contributed by atoms with Crippen LogP contribution in [0, 0.1) is 5.82 Å². The molecule has 7 heteroatoms. The second-order valence-electron chi connectivity index (χ2n) is 5.34. The van der Waals surface area contributed by atoms with Crippen LogP contribution in [0.25, 0.3) is 5.69 Å². The molecule has 1 heterocycles. The predicted molar refractivity (Wildman–Crippen MR) is 91.9 cm³/mol. The molecule has 6 nitrogen and oxygen atoms in total. The molecule has 128 valence electrons. The lowest BCUT2D eigenvalue weighted by Gasteiger charge is -2.15. The van der Waals surface area contributed by atoms with Gasteiger partial charge in [0.1, 0.15) is 5.82 Å². The third-order valence-corrected chi connectivity index (χ3v) is 3.62. The van der Waals surface area contributed by atoms with E-state index < -0.39 is 18.0 Å². The molecular weight excluding hydrogens is 323 g/mol. The molecule has 1 unspecified atom stereocenters. The molecule has 0 aliphatic rings. The van der Waals surface area contributed by atoms with Crippen LogP contribution in [-0.2, 0) is 0 Å². The van der Waals surface area contributed by atoms with E-state index >= 15 is 0 Å². The van der Waals surface area contributed by atoms with Crippen LogP contribution in [-0.4, -0.2) is 27.5 Å². The number of hydrogen-bond donors (Lipinski definition) is 3. The van der Waals surface area contributed by atoms with Gasteiger partial charge < -0.3 is 15.7 Å². The molecule has 0 saturated carbocycles. The SMILES string of the molecule is O=C(NCC(O)c1ccccc1F)Nc1ccccc1-n1cccn1. The van der Waals surface area contributed by atoms with Gasteiger partial charge in [-0.15, -0.1) is 0 Å². The van der Waals surface area contributed by atoms with Gasteiger partial charge in [0, 0.05) is 24.5 Å². The summed E-state index contributed by atoms with van der Waals surface area (Å²) in [6.07, 6.45) is 2.27. The van der Waals surface area contributed by atoms with Crippen molar-refractivity contribution in [1.29, 1.82) is 0 Å². The highest BCUT2D eigenvalue weighted by Crippen LogP contribution is 2.19. The van der Waals surface area contributed by atoms with E-state index in [2.05, 4.69) is 15.7 Å². The number of aliphatic hydroxyl groups excluding tert-OH is 1. The number of urea groups is 1. The van der Waals surface area contributed by atoms with Crippen LogP contribution in [0.2, 0.25) is 0 Å². The van der Waals surface area contributed by atoms with E-state index in [0.29, 0.717) is 11.4 Å². The Bertz CT molecular complexity index is 852. The van der Waals surface area contributed by atoms with Crippen LogP contribution >= 0.6 is 0 Å². The summed E-state index contributed by atoms with van der Waals surface area (Å²) in [6, 6.07) is 14.4. The van der Waals surface area contributed by atoms with Crippen molar-refractivity contribution in [2.75, 3.05) is 11.9 Å².